The fourth-order valence-corrected chi connectivity index (χ4v) is 4.66. The van der Waals surface area contributed by atoms with Gasteiger partial charge in [0.25, 0.3) is 5.91 Å². The van der Waals surface area contributed by atoms with Gasteiger partial charge in [0.1, 0.15) is 23.1 Å². The molecular formula is C25H27FN4O4S. The summed E-state index contributed by atoms with van der Waals surface area (Å²) in [6.07, 6.45) is 3.41. The van der Waals surface area contributed by atoms with Crippen LogP contribution in [0.3, 0.4) is 0 Å². The molecule has 3 aromatic rings. The number of urea groups is 1. The number of nitrogens with zero attached hydrogens (tertiary/aromatic N) is 1. The molecule has 1 aliphatic rings. The Kier molecular flexibility index (Phi) is 8.15. The van der Waals surface area contributed by atoms with Gasteiger partial charge in [0.05, 0.1) is 18.8 Å². The minimum atomic E-state index is -0.451. The van der Waals surface area contributed by atoms with Crippen molar-refractivity contribution in [1.29, 1.82) is 0 Å². The molecule has 8 nitrogen and oxygen atoms in total. The Labute approximate surface area is 206 Å². The smallest absolute Gasteiger partial charge is 0.319 e. The number of rotatable bonds is 8. The molecule has 1 saturated carbocycles. The van der Waals surface area contributed by atoms with E-state index in [1.165, 1.54) is 23.5 Å². The molecule has 4 rings (SSSR count). The number of ether oxygens (including phenoxy) is 2. The van der Waals surface area contributed by atoms with Crippen LogP contribution in [0, 0.1) is 5.82 Å². The molecule has 184 valence electrons. The highest BCUT2D eigenvalue weighted by atomic mass is 32.1. The first kappa shape index (κ1) is 24.5. The minimum absolute atomic E-state index is 0.0651. The molecule has 1 aromatic heterocycles. The number of thiazole rings is 1. The highest BCUT2D eigenvalue weighted by molar-refractivity contribution is 7.09. The maximum Gasteiger partial charge on any atom is 0.319 e. The largest absolute Gasteiger partial charge is 0.495 e. The molecule has 35 heavy (non-hydrogen) atoms. The van der Waals surface area contributed by atoms with Crippen molar-refractivity contribution in [1.82, 2.24) is 15.6 Å². The Hall–Kier alpha value is -3.66. The number of benzene rings is 2. The first-order valence-electron chi connectivity index (χ1n) is 11.4. The highest BCUT2D eigenvalue weighted by Crippen LogP contribution is 2.24. The van der Waals surface area contributed by atoms with Crippen molar-refractivity contribution in [2.24, 2.45) is 0 Å². The van der Waals surface area contributed by atoms with E-state index in [-0.39, 0.29) is 42.1 Å². The van der Waals surface area contributed by atoms with Crippen LogP contribution in [0.25, 0.3) is 0 Å². The quantitative estimate of drug-likeness (QED) is 0.417. The van der Waals surface area contributed by atoms with Gasteiger partial charge in [-0.3, -0.25) is 4.79 Å². The van der Waals surface area contributed by atoms with Crippen molar-refractivity contribution in [3.05, 3.63) is 70.4 Å². The molecule has 0 saturated heterocycles. The van der Waals surface area contributed by atoms with Crippen LogP contribution in [-0.2, 0) is 6.61 Å². The van der Waals surface area contributed by atoms with Crippen LogP contribution in [0.5, 0.6) is 11.5 Å². The summed E-state index contributed by atoms with van der Waals surface area (Å²) in [7, 11) is 1.54. The van der Waals surface area contributed by atoms with Gasteiger partial charge in [-0.2, -0.15) is 0 Å². The lowest BCUT2D eigenvalue weighted by atomic mass is 9.90. The van der Waals surface area contributed by atoms with Gasteiger partial charge in [-0.1, -0.05) is 37.1 Å². The number of hydrogen-bond donors (Lipinski definition) is 3. The van der Waals surface area contributed by atoms with Crippen LogP contribution in [0.15, 0.2) is 53.9 Å². The third-order valence-corrected chi connectivity index (χ3v) is 6.55. The van der Waals surface area contributed by atoms with Gasteiger partial charge >= 0.3 is 6.03 Å². The van der Waals surface area contributed by atoms with Crippen molar-refractivity contribution < 1.29 is 23.5 Å². The average Bonchev–Trinajstić information content (AvgIpc) is 3.34. The lowest BCUT2D eigenvalue weighted by Crippen LogP contribution is -2.54. The number of para-hydroxylation sites is 3. The summed E-state index contributed by atoms with van der Waals surface area (Å²) in [6.45, 7) is 0.0651. The normalized spacial score (nSPS) is 17.3. The predicted molar refractivity (Wildman–Crippen MR) is 132 cm³/mol. The van der Waals surface area contributed by atoms with E-state index in [1.807, 2.05) is 12.1 Å². The molecule has 0 aliphatic heterocycles. The number of nitrogens with one attached hydrogen (secondary N) is 3. The first-order chi connectivity index (χ1) is 17.0. The zero-order valence-corrected chi connectivity index (χ0v) is 20.1. The maximum absolute atomic E-state index is 13.7. The van der Waals surface area contributed by atoms with Gasteiger partial charge in [0.15, 0.2) is 11.6 Å². The van der Waals surface area contributed by atoms with Crippen molar-refractivity contribution in [2.75, 3.05) is 12.4 Å². The van der Waals surface area contributed by atoms with Gasteiger partial charge < -0.3 is 25.4 Å². The summed E-state index contributed by atoms with van der Waals surface area (Å²) in [4.78, 5) is 29.8. The zero-order chi connectivity index (χ0) is 24.6. The summed E-state index contributed by atoms with van der Waals surface area (Å²) >= 11 is 1.27. The minimum Gasteiger partial charge on any atom is -0.495 e. The maximum atomic E-state index is 13.7. The number of carbonyl (C=O) groups is 2. The van der Waals surface area contributed by atoms with Gasteiger partial charge in [0, 0.05) is 11.4 Å². The molecule has 3 amide bonds. The molecule has 1 fully saturated rings. The lowest BCUT2D eigenvalue weighted by Gasteiger charge is -2.32. The molecule has 10 heteroatoms. The zero-order valence-electron chi connectivity index (χ0n) is 19.3. The highest BCUT2D eigenvalue weighted by Gasteiger charge is 2.29. The van der Waals surface area contributed by atoms with Crippen LogP contribution in [-0.4, -0.2) is 36.1 Å². The van der Waals surface area contributed by atoms with Crippen LogP contribution >= 0.6 is 11.3 Å². The van der Waals surface area contributed by atoms with Crippen LogP contribution in [0.1, 0.15) is 41.2 Å². The third kappa shape index (κ3) is 6.48. The number of aromatic nitrogens is 1. The van der Waals surface area contributed by atoms with Gasteiger partial charge in [-0.25, -0.2) is 14.2 Å². The number of amides is 3. The molecule has 3 N–H and O–H groups in total. The predicted octanol–water partition coefficient (Wildman–Crippen LogP) is 4.73. The molecule has 1 heterocycles. The number of methoxy groups -OCH3 is 1. The Bertz CT molecular complexity index is 1170. The van der Waals surface area contributed by atoms with E-state index in [0.717, 1.165) is 25.7 Å². The van der Waals surface area contributed by atoms with Gasteiger partial charge in [0.2, 0.25) is 0 Å². The molecule has 0 spiro atoms. The summed E-state index contributed by atoms with van der Waals surface area (Å²) in [6, 6.07) is 12.5. The first-order valence-corrected chi connectivity index (χ1v) is 12.2. The standard InChI is InChI=1S/C25H27FN4O4S/c1-33-22-13-7-5-11-19(22)30-25(32)29-18-10-4-3-9-17(18)28-24(31)20-15-35-23(27-20)14-34-21-12-6-2-8-16(21)26/h2,5-8,11-13,15,17-18H,3-4,9-10,14H2,1H3,(H,28,31)(H2,29,30,32)/t17-,18-/m0/s1. The monoisotopic (exact) mass is 498 g/mol. The SMILES string of the molecule is COc1ccccc1NC(=O)N[C@H]1CCCC[C@@H]1NC(=O)c1csc(COc2ccccc2F)n1. The number of carbonyl (C=O) groups excluding carboxylic acids is 2. The molecule has 2 atom stereocenters. The van der Waals surface area contributed by atoms with E-state index < -0.39 is 5.82 Å². The summed E-state index contributed by atoms with van der Waals surface area (Å²) in [5.41, 5.74) is 0.835. The fraction of sp³-hybridized carbons (Fsp3) is 0.320. The Morgan fingerprint density at radius 1 is 1.03 bits per heavy atom. The van der Waals surface area contributed by atoms with Crippen LogP contribution < -0.4 is 25.4 Å². The van der Waals surface area contributed by atoms with Crippen LogP contribution in [0.4, 0.5) is 14.9 Å². The molecule has 0 radical (unpaired) electrons. The Morgan fingerprint density at radius 2 is 1.71 bits per heavy atom. The molecular weight excluding hydrogens is 471 g/mol. The van der Waals surface area contributed by atoms with E-state index >= 15 is 0 Å². The molecule has 0 unspecified atom stereocenters. The fourth-order valence-electron chi connectivity index (χ4n) is 3.98. The second-order valence-electron chi connectivity index (χ2n) is 8.12. The van der Waals surface area contributed by atoms with Crippen molar-refractivity contribution >= 4 is 29.0 Å². The molecule has 0 bridgehead atoms. The van der Waals surface area contributed by atoms with Crippen molar-refractivity contribution in [2.45, 2.75) is 44.4 Å². The van der Waals surface area contributed by atoms with E-state index in [0.29, 0.717) is 16.4 Å². The van der Waals surface area contributed by atoms with Crippen molar-refractivity contribution in [3.63, 3.8) is 0 Å². The summed E-state index contributed by atoms with van der Waals surface area (Å²) in [5.74, 6) is -0.0690. The molecule has 2 aromatic carbocycles. The van der Waals surface area contributed by atoms with Crippen LogP contribution in [0.2, 0.25) is 0 Å². The van der Waals surface area contributed by atoms with E-state index in [1.54, 1.807) is 36.8 Å². The van der Waals surface area contributed by atoms with Gasteiger partial charge in [-0.05, 0) is 37.1 Å². The summed E-state index contributed by atoms with van der Waals surface area (Å²) < 4.78 is 24.5. The van der Waals surface area contributed by atoms with Crippen molar-refractivity contribution in [3.8, 4) is 11.5 Å². The Balaban J connectivity index is 1.33. The number of anilines is 1. The number of hydrogen-bond acceptors (Lipinski definition) is 6. The summed E-state index contributed by atoms with van der Waals surface area (Å²) in [5, 5.41) is 11.0. The second-order valence-corrected chi connectivity index (χ2v) is 9.06. The second kappa shape index (κ2) is 11.7. The van der Waals surface area contributed by atoms with E-state index in [4.69, 9.17) is 9.47 Å². The average molecular weight is 499 g/mol. The topological polar surface area (TPSA) is 102 Å². The van der Waals surface area contributed by atoms with E-state index in [2.05, 4.69) is 20.9 Å². The Morgan fingerprint density at radius 3 is 2.46 bits per heavy atom. The lowest BCUT2D eigenvalue weighted by molar-refractivity contribution is 0.0911. The third-order valence-electron chi connectivity index (χ3n) is 5.73. The number of halogens is 1. The van der Waals surface area contributed by atoms with E-state index in [9.17, 15) is 14.0 Å². The molecule has 1 aliphatic carbocycles. The van der Waals surface area contributed by atoms with Gasteiger partial charge in [-0.15, -0.1) is 11.3 Å².